The number of halogens is 2. The quantitative estimate of drug-likeness (QED) is 0.444. The Balaban J connectivity index is 1.48. The molecule has 0 unspecified atom stereocenters. The lowest BCUT2D eigenvalue weighted by Crippen LogP contribution is -2.29. The molecular weight excluding hydrogens is 441 g/mol. The fraction of sp³-hybridized carbons (Fsp3) is 0.143. The van der Waals surface area contributed by atoms with Crippen LogP contribution in [0.2, 0.25) is 5.02 Å². The Morgan fingerprint density at radius 1 is 1.13 bits per heavy atom. The summed E-state index contributed by atoms with van der Waals surface area (Å²) in [5, 5.41) is 12.4. The minimum atomic E-state index is -0.532. The molecule has 0 radical (unpaired) electrons. The second kappa shape index (κ2) is 8.91. The first-order valence-electron chi connectivity index (χ1n) is 9.29. The number of benzene rings is 2. The van der Waals surface area contributed by atoms with Crippen LogP contribution in [-0.4, -0.2) is 25.3 Å². The van der Waals surface area contributed by atoms with Crippen molar-refractivity contribution in [2.75, 3.05) is 5.32 Å². The summed E-state index contributed by atoms with van der Waals surface area (Å²) in [7, 11) is 0. The smallest absolute Gasteiger partial charge is 0.324 e. The lowest BCUT2D eigenvalue weighted by atomic mass is 10.2. The van der Waals surface area contributed by atoms with Gasteiger partial charge in [-0.25, -0.2) is 13.9 Å². The Kier molecular flexibility index (Phi) is 6.06. The summed E-state index contributed by atoms with van der Waals surface area (Å²) in [6.45, 7) is 1.44. The lowest BCUT2D eigenvalue weighted by molar-refractivity contribution is -0.117. The number of carbonyl (C=O) groups excluding carboxylic acids is 1. The van der Waals surface area contributed by atoms with E-state index >= 15 is 0 Å². The van der Waals surface area contributed by atoms with Gasteiger partial charge in [-0.3, -0.25) is 4.79 Å². The number of rotatable bonds is 6. The largest absolute Gasteiger partial charge is 0.367 e. The number of nitrogens with zero attached hydrogens (tertiary/aromatic N) is 4. The maximum atomic E-state index is 13.4. The van der Waals surface area contributed by atoms with Crippen LogP contribution in [0.5, 0.6) is 0 Å². The van der Waals surface area contributed by atoms with Gasteiger partial charge in [0.25, 0.3) is 0 Å². The van der Waals surface area contributed by atoms with E-state index in [1.54, 1.807) is 25.1 Å². The highest BCUT2D eigenvalue weighted by atomic mass is 35.5. The first-order chi connectivity index (χ1) is 14.9. The first kappa shape index (κ1) is 21.1. The van der Waals surface area contributed by atoms with Gasteiger partial charge in [-0.15, -0.1) is 5.10 Å². The molecule has 31 heavy (non-hydrogen) atoms. The number of aryl methyl sites for hydroxylation is 1. The minimum Gasteiger partial charge on any atom is -0.324 e. The maximum Gasteiger partial charge on any atom is 0.367 e. The van der Waals surface area contributed by atoms with Gasteiger partial charge >= 0.3 is 5.69 Å². The highest BCUT2D eigenvalue weighted by Crippen LogP contribution is 2.21. The van der Waals surface area contributed by atoms with Gasteiger partial charge in [0.2, 0.25) is 5.91 Å². The van der Waals surface area contributed by atoms with Crippen LogP contribution >= 0.6 is 23.4 Å². The van der Waals surface area contributed by atoms with Crippen molar-refractivity contribution >= 4 is 40.6 Å². The van der Waals surface area contributed by atoms with Crippen LogP contribution in [0.3, 0.4) is 0 Å². The van der Waals surface area contributed by atoms with Gasteiger partial charge in [-0.2, -0.15) is 9.61 Å². The molecule has 0 aliphatic carbocycles. The van der Waals surface area contributed by atoms with Gasteiger partial charge in [-0.05, 0) is 54.4 Å². The molecule has 0 bridgehead atoms. The highest BCUT2D eigenvalue weighted by molar-refractivity contribution is 7.98. The van der Waals surface area contributed by atoms with Crippen LogP contribution in [0, 0.1) is 12.7 Å². The SMILES string of the molecule is Cc1ccc(F)cc1NC(=O)Cn1nc2ccc(SCc3ccc(Cl)cc3)nn2c1=O. The van der Waals surface area contributed by atoms with Crippen molar-refractivity contribution in [3.05, 3.63) is 87.0 Å². The molecule has 4 rings (SSSR count). The number of hydrogen-bond acceptors (Lipinski definition) is 5. The number of aromatic nitrogens is 4. The number of amides is 1. The standard InChI is InChI=1S/C21H17ClFN5O2S/c1-13-2-7-16(23)10-17(13)24-19(29)11-27-21(30)28-18(25-27)8-9-20(26-28)31-12-14-3-5-15(22)6-4-14/h2-10H,11-12H2,1H3,(H,24,29). The Hall–Kier alpha value is -3.17. The van der Waals surface area contributed by atoms with E-state index in [2.05, 4.69) is 15.5 Å². The molecule has 0 aliphatic heterocycles. The van der Waals surface area contributed by atoms with E-state index in [1.165, 1.54) is 23.9 Å². The molecule has 1 N–H and O–H groups in total. The summed E-state index contributed by atoms with van der Waals surface area (Å²) in [4.78, 5) is 25.0. The third kappa shape index (κ3) is 4.95. The van der Waals surface area contributed by atoms with Crippen LogP contribution in [0.25, 0.3) is 5.65 Å². The zero-order chi connectivity index (χ0) is 22.0. The summed E-state index contributed by atoms with van der Waals surface area (Å²) < 4.78 is 15.6. The van der Waals surface area contributed by atoms with Crippen molar-refractivity contribution in [1.82, 2.24) is 19.4 Å². The maximum absolute atomic E-state index is 13.4. The van der Waals surface area contributed by atoms with Crippen molar-refractivity contribution in [1.29, 1.82) is 0 Å². The minimum absolute atomic E-state index is 0.314. The summed E-state index contributed by atoms with van der Waals surface area (Å²) in [5.41, 5.74) is 1.93. The van der Waals surface area contributed by atoms with E-state index < -0.39 is 17.4 Å². The summed E-state index contributed by atoms with van der Waals surface area (Å²) in [6, 6.07) is 15.0. The number of carbonyl (C=O) groups is 1. The van der Waals surface area contributed by atoms with Gasteiger partial charge in [0.05, 0.1) is 0 Å². The second-order valence-corrected chi connectivity index (χ2v) is 8.24. The molecule has 2 heterocycles. The Morgan fingerprint density at radius 2 is 1.90 bits per heavy atom. The summed E-state index contributed by atoms with van der Waals surface area (Å²) >= 11 is 7.36. The van der Waals surface area contributed by atoms with Crippen molar-refractivity contribution in [2.45, 2.75) is 24.2 Å². The molecule has 0 saturated carbocycles. The zero-order valence-electron chi connectivity index (χ0n) is 16.4. The van der Waals surface area contributed by atoms with E-state index in [1.807, 2.05) is 24.3 Å². The number of thioether (sulfide) groups is 1. The van der Waals surface area contributed by atoms with E-state index in [0.29, 0.717) is 32.7 Å². The van der Waals surface area contributed by atoms with E-state index in [4.69, 9.17) is 11.6 Å². The average Bonchev–Trinajstić information content (AvgIpc) is 3.05. The van der Waals surface area contributed by atoms with Crippen LogP contribution in [-0.2, 0) is 17.1 Å². The molecule has 0 atom stereocenters. The predicted octanol–water partition coefficient (Wildman–Crippen LogP) is 3.92. The molecule has 158 valence electrons. The van der Waals surface area contributed by atoms with Gasteiger partial charge in [0.15, 0.2) is 5.65 Å². The van der Waals surface area contributed by atoms with E-state index in [9.17, 15) is 14.0 Å². The van der Waals surface area contributed by atoms with Crippen molar-refractivity contribution in [3.8, 4) is 0 Å². The fourth-order valence-electron chi connectivity index (χ4n) is 2.86. The van der Waals surface area contributed by atoms with E-state index in [-0.39, 0.29) is 6.54 Å². The molecule has 0 fully saturated rings. The number of fused-ring (bicyclic) bond motifs is 1. The molecule has 1 amide bonds. The van der Waals surface area contributed by atoms with Crippen LogP contribution in [0.1, 0.15) is 11.1 Å². The normalized spacial score (nSPS) is 11.1. The van der Waals surface area contributed by atoms with Crippen LogP contribution in [0.15, 0.2) is 64.4 Å². The van der Waals surface area contributed by atoms with Crippen LogP contribution in [0.4, 0.5) is 10.1 Å². The van der Waals surface area contributed by atoms with E-state index in [0.717, 1.165) is 14.8 Å². The first-order valence-corrected chi connectivity index (χ1v) is 10.7. The highest BCUT2D eigenvalue weighted by Gasteiger charge is 2.13. The molecule has 0 aliphatic rings. The second-order valence-electron chi connectivity index (χ2n) is 6.80. The topological polar surface area (TPSA) is 81.3 Å². The molecule has 4 aromatic rings. The Morgan fingerprint density at radius 3 is 2.68 bits per heavy atom. The molecule has 0 saturated heterocycles. The Bertz CT molecular complexity index is 1320. The molecule has 2 aromatic carbocycles. The van der Waals surface area contributed by atoms with Gasteiger partial charge in [-0.1, -0.05) is 41.6 Å². The molecule has 0 spiro atoms. The predicted molar refractivity (Wildman–Crippen MR) is 118 cm³/mol. The molecule has 7 nitrogen and oxygen atoms in total. The van der Waals surface area contributed by atoms with Gasteiger partial charge in [0.1, 0.15) is 17.4 Å². The molecule has 2 aromatic heterocycles. The van der Waals surface area contributed by atoms with Crippen LogP contribution < -0.4 is 11.0 Å². The van der Waals surface area contributed by atoms with Crippen molar-refractivity contribution in [2.24, 2.45) is 0 Å². The van der Waals surface area contributed by atoms with Gasteiger partial charge < -0.3 is 5.32 Å². The van der Waals surface area contributed by atoms with Gasteiger partial charge in [0, 0.05) is 16.5 Å². The van der Waals surface area contributed by atoms with Crippen molar-refractivity contribution < 1.29 is 9.18 Å². The monoisotopic (exact) mass is 457 g/mol. The van der Waals surface area contributed by atoms with Crippen molar-refractivity contribution in [3.63, 3.8) is 0 Å². The fourth-order valence-corrected chi connectivity index (χ4v) is 3.80. The number of nitrogens with one attached hydrogen (secondary N) is 1. The summed E-state index contributed by atoms with van der Waals surface area (Å²) in [5.74, 6) is -0.288. The number of anilines is 1. The third-order valence-corrected chi connectivity index (χ3v) is 5.73. The Labute approximate surface area is 185 Å². The number of hydrogen-bond donors (Lipinski definition) is 1. The third-order valence-electron chi connectivity index (χ3n) is 4.48. The lowest BCUT2D eigenvalue weighted by Gasteiger charge is -2.07. The summed E-state index contributed by atoms with van der Waals surface area (Å²) in [6.07, 6.45) is 0. The molecular formula is C21H17ClFN5O2S. The average molecular weight is 458 g/mol. The molecule has 10 heteroatoms. The zero-order valence-corrected chi connectivity index (χ0v) is 18.0.